The third-order valence-electron chi connectivity index (χ3n) is 3.12. The monoisotopic (exact) mass is 437 g/mol. The highest BCUT2D eigenvalue weighted by Gasteiger charge is 2.42. The van der Waals surface area contributed by atoms with Crippen LogP contribution in [0, 0.1) is 0 Å². The van der Waals surface area contributed by atoms with Gasteiger partial charge in [-0.25, -0.2) is 14.4 Å². The largest absolute Gasteiger partial charge is 0.458 e. The molecule has 0 rings (SSSR count). The lowest BCUT2D eigenvalue weighted by Gasteiger charge is -2.34. The zero-order chi connectivity index (χ0) is 23.2. The number of alkyl halides is 1. The van der Waals surface area contributed by atoms with E-state index in [0.29, 0.717) is 4.90 Å². The van der Waals surface area contributed by atoms with E-state index >= 15 is 0 Å². The van der Waals surface area contributed by atoms with Gasteiger partial charge in [-0.15, -0.1) is 11.6 Å². The SMILES string of the molecule is CC(C)(C)OC(=O)[C@H](CC[C@H](Cl)CO)N(C(=O)OC(C)(C)C)C(=O)OC(C)(C)C. The first-order valence-electron chi connectivity index (χ1n) is 9.59. The Hall–Kier alpha value is -1.54. The fourth-order valence-corrected chi connectivity index (χ4v) is 2.23. The molecule has 0 aromatic carbocycles. The molecule has 2 amide bonds. The Morgan fingerprint density at radius 3 is 1.48 bits per heavy atom. The number of nitrogens with zero attached hydrogens (tertiary/aromatic N) is 1. The van der Waals surface area contributed by atoms with Gasteiger partial charge in [-0.05, 0) is 75.2 Å². The minimum atomic E-state index is -1.33. The molecule has 0 unspecified atom stereocenters. The van der Waals surface area contributed by atoms with E-state index in [1.54, 1.807) is 62.3 Å². The van der Waals surface area contributed by atoms with Crippen molar-refractivity contribution in [1.82, 2.24) is 4.90 Å². The van der Waals surface area contributed by atoms with Crippen molar-refractivity contribution in [3.8, 4) is 0 Å². The van der Waals surface area contributed by atoms with Crippen LogP contribution in [-0.4, -0.2) is 63.0 Å². The van der Waals surface area contributed by atoms with Gasteiger partial charge in [-0.2, -0.15) is 4.90 Å². The van der Waals surface area contributed by atoms with Gasteiger partial charge in [0.25, 0.3) is 0 Å². The first-order valence-corrected chi connectivity index (χ1v) is 10.0. The fourth-order valence-electron chi connectivity index (χ4n) is 2.10. The lowest BCUT2D eigenvalue weighted by molar-refractivity contribution is -0.161. The highest BCUT2D eigenvalue weighted by atomic mass is 35.5. The van der Waals surface area contributed by atoms with Crippen molar-refractivity contribution in [3.05, 3.63) is 0 Å². The van der Waals surface area contributed by atoms with E-state index in [4.69, 9.17) is 25.8 Å². The van der Waals surface area contributed by atoms with Crippen molar-refractivity contribution < 1.29 is 33.7 Å². The number of carbonyl (C=O) groups excluding carboxylic acids is 3. The molecule has 1 N–H and O–H groups in total. The number of rotatable bonds is 6. The third kappa shape index (κ3) is 11.9. The van der Waals surface area contributed by atoms with Crippen molar-refractivity contribution in [1.29, 1.82) is 0 Å². The third-order valence-corrected chi connectivity index (χ3v) is 3.48. The van der Waals surface area contributed by atoms with Crippen LogP contribution in [0.1, 0.15) is 75.2 Å². The highest BCUT2D eigenvalue weighted by molar-refractivity contribution is 6.20. The second kappa shape index (κ2) is 10.5. The van der Waals surface area contributed by atoms with E-state index in [1.165, 1.54) is 0 Å². The van der Waals surface area contributed by atoms with Gasteiger partial charge in [0.05, 0.1) is 12.0 Å². The Morgan fingerprint density at radius 2 is 1.17 bits per heavy atom. The van der Waals surface area contributed by atoms with Crippen LogP contribution >= 0.6 is 11.6 Å². The maximum absolute atomic E-state index is 12.9. The highest BCUT2D eigenvalue weighted by Crippen LogP contribution is 2.22. The fraction of sp³-hybridized carbons (Fsp3) is 0.850. The van der Waals surface area contributed by atoms with E-state index in [1.807, 2.05) is 0 Å². The van der Waals surface area contributed by atoms with E-state index in [-0.39, 0.29) is 19.4 Å². The van der Waals surface area contributed by atoms with E-state index < -0.39 is 46.4 Å². The number of halogens is 1. The van der Waals surface area contributed by atoms with Gasteiger partial charge in [0.2, 0.25) is 0 Å². The zero-order valence-electron chi connectivity index (χ0n) is 19.0. The minimum Gasteiger partial charge on any atom is -0.458 e. The van der Waals surface area contributed by atoms with E-state index in [2.05, 4.69) is 0 Å². The van der Waals surface area contributed by atoms with Gasteiger partial charge in [0.15, 0.2) is 0 Å². The second-order valence-electron chi connectivity index (χ2n) is 9.74. The molecular formula is C20H36ClNO7. The molecule has 2 atom stereocenters. The predicted molar refractivity (Wildman–Crippen MR) is 110 cm³/mol. The molecule has 0 aliphatic carbocycles. The van der Waals surface area contributed by atoms with Crippen LogP contribution in [-0.2, 0) is 19.0 Å². The zero-order valence-corrected chi connectivity index (χ0v) is 19.8. The summed E-state index contributed by atoms with van der Waals surface area (Å²) in [6.07, 6.45) is -1.93. The maximum atomic E-state index is 12.9. The summed E-state index contributed by atoms with van der Waals surface area (Å²) < 4.78 is 16.1. The first kappa shape index (κ1) is 27.5. The predicted octanol–water partition coefficient (Wildman–Crippen LogP) is 4.25. The number of ether oxygens (including phenoxy) is 3. The van der Waals surface area contributed by atoms with Crippen LogP contribution in [0.4, 0.5) is 9.59 Å². The van der Waals surface area contributed by atoms with Gasteiger partial charge in [-0.1, -0.05) is 0 Å². The lowest BCUT2D eigenvalue weighted by Crippen LogP contribution is -2.53. The van der Waals surface area contributed by atoms with Gasteiger partial charge in [0.1, 0.15) is 22.8 Å². The van der Waals surface area contributed by atoms with Crippen LogP contribution in [0.5, 0.6) is 0 Å². The van der Waals surface area contributed by atoms with Gasteiger partial charge in [-0.3, -0.25) is 0 Å². The summed E-state index contributed by atoms with van der Waals surface area (Å²) in [6.45, 7) is 14.5. The smallest absolute Gasteiger partial charge is 0.420 e. The summed E-state index contributed by atoms with van der Waals surface area (Å²) in [5.41, 5.74) is -2.66. The summed E-state index contributed by atoms with van der Waals surface area (Å²) >= 11 is 5.97. The van der Waals surface area contributed by atoms with Crippen molar-refractivity contribution in [2.45, 2.75) is 103 Å². The van der Waals surface area contributed by atoms with Crippen LogP contribution in [0.2, 0.25) is 0 Å². The standard InChI is InChI=1S/C20H36ClNO7/c1-18(2,3)27-15(24)14(11-10-13(21)12-23)22(16(25)28-19(4,5)6)17(26)29-20(7,8)9/h13-14,23H,10-12H2,1-9H3/t13-,14-/m0/s1. The van der Waals surface area contributed by atoms with Gasteiger partial charge < -0.3 is 19.3 Å². The molecule has 0 fully saturated rings. The summed E-state index contributed by atoms with van der Waals surface area (Å²) in [5.74, 6) is -0.795. The molecule has 0 aromatic heterocycles. The second-order valence-corrected chi connectivity index (χ2v) is 10.4. The molecular weight excluding hydrogens is 402 g/mol. The summed E-state index contributed by atoms with van der Waals surface area (Å²) in [4.78, 5) is 39.1. The molecule has 29 heavy (non-hydrogen) atoms. The Bertz CT molecular complexity index is 545. The van der Waals surface area contributed by atoms with Crippen molar-refractivity contribution in [2.75, 3.05) is 6.61 Å². The Balaban J connectivity index is 6.02. The summed E-state index contributed by atoms with van der Waals surface area (Å²) in [7, 11) is 0. The Kier molecular flexibility index (Phi) is 9.92. The normalized spacial score (nSPS) is 14.6. The van der Waals surface area contributed by atoms with Crippen molar-refractivity contribution in [3.63, 3.8) is 0 Å². The van der Waals surface area contributed by atoms with E-state index in [9.17, 15) is 19.5 Å². The quantitative estimate of drug-likeness (QED) is 0.376. The molecule has 0 aromatic rings. The number of hydrogen-bond acceptors (Lipinski definition) is 7. The van der Waals surface area contributed by atoms with Crippen LogP contribution < -0.4 is 0 Å². The number of aliphatic hydroxyl groups excluding tert-OH is 1. The van der Waals surface area contributed by atoms with Crippen LogP contribution in [0.3, 0.4) is 0 Å². The van der Waals surface area contributed by atoms with Crippen molar-refractivity contribution in [2.24, 2.45) is 0 Å². The lowest BCUT2D eigenvalue weighted by atomic mass is 10.1. The molecule has 0 bridgehead atoms. The summed E-state index contributed by atoms with van der Waals surface area (Å²) in [6, 6.07) is -1.33. The van der Waals surface area contributed by atoms with Crippen LogP contribution in [0.15, 0.2) is 0 Å². The molecule has 0 radical (unpaired) electrons. The van der Waals surface area contributed by atoms with Gasteiger partial charge >= 0.3 is 18.2 Å². The van der Waals surface area contributed by atoms with Crippen molar-refractivity contribution >= 4 is 29.8 Å². The molecule has 0 saturated carbocycles. The molecule has 0 spiro atoms. The molecule has 0 aliphatic heterocycles. The number of aliphatic hydroxyl groups is 1. The number of imide groups is 1. The number of carbonyl (C=O) groups is 3. The first-order chi connectivity index (χ1) is 12.9. The number of esters is 1. The minimum absolute atomic E-state index is 0.0257. The molecule has 0 aliphatic rings. The number of hydrogen-bond donors (Lipinski definition) is 1. The molecule has 8 nitrogen and oxygen atoms in total. The van der Waals surface area contributed by atoms with Crippen LogP contribution in [0.25, 0.3) is 0 Å². The molecule has 0 heterocycles. The maximum Gasteiger partial charge on any atom is 0.420 e. The Morgan fingerprint density at radius 1 is 0.793 bits per heavy atom. The average Bonchev–Trinajstić information content (AvgIpc) is 2.44. The van der Waals surface area contributed by atoms with Gasteiger partial charge in [0, 0.05) is 0 Å². The molecule has 0 saturated heterocycles. The van der Waals surface area contributed by atoms with E-state index in [0.717, 1.165) is 0 Å². The average molecular weight is 438 g/mol. The molecule has 170 valence electrons. The Labute approximate surface area is 178 Å². The molecule has 9 heteroatoms. The summed E-state index contributed by atoms with van der Waals surface area (Å²) in [5, 5.41) is 8.54. The number of amides is 2. The topological polar surface area (TPSA) is 102 Å².